The van der Waals surface area contributed by atoms with Gasteiger partial charge in [0.1, 0.15) is 11.4 Å². The van der Waals surface area contributed by atoms with Gasteiger partial charge in [-0.1, -0.05) is 29.2 Å². The summed E-state index contributed by atoms with van der Waals surface area (Å²) in [6, 6.07) is 0. The SMILES string of the molecule is C=C(OC(C)(C)C)[C@@H](I)[C@](C)(O)CC[C@@H](C)O[C@H]1CC[C@@H](O)[C@H](C)O1. The van der Waals surface area contributed by atoms with Crippen molar-refractivity contribution in [3.8, 4) is 0 Å². The molecule has 5 nitrogen and oxygen atoms in total. The van der Waals surface area contributed by atoms with Gasteiger partial charge in [-0.05, 0) is 60.8 Å². The Hall–Kier alpha value is 0.110. The molecule has 1 heterocycles. The van der Waals surface area contributed by atoms with Gasteiger partial charge in [-0.15, -0.1) is 0 Å². The number of aliphatic hydroxyl groups is 2. The van der Waals surface area contributed by atoms with Crippen LogP contribution in [0.1, 0.15) is 67.2 Å². The molecule has 0 bridgehead atoms. The smallest absolute Gasteiger partial charge is 0.158 e. The van der Waals surface area contributed by atoms with Crippen LogP contribution in [0.25, 0.3) is 0 Å². The molecule has 1 aliphatic heterocycles. The standard InChI is InChI=1S/C19H35IO5/c1-12(23-16-9-8-15(21)13(2)24-16)10-11-19(7,22)17(20)14(3)25-18(4,5)6/h12-13,15-17,21-22H,3,8-11H2,1-2,4-7H3/t12-,13+,15-,16-,17-,19-/m1/s1. The normalized spacial score (nSPS) is 29.6. The Kier molecular flexibility index (Phi) is 8.66. The fourth-order valence-electron chi connectivity index (χ4n) is 2.78. The largest absolute Gasteiger partial charge is 0.492 e. The minimum absolute atomic E-state index is 0.0423. The highest BCUT2D eigenvalue weighted by molar-refractivity contribution is 14.1. The summed E-state index contributed by atoms with van der Waals surface area (Å²) in [6.07, 6.45) is 1.71. The summed E-state index contributed by atoms with van der Waals surface area (Å²) in [4.78, 5) is 0. The van der Waals surface area contributed by atoms with E-state index in [0.717, 1.165) is 0 Å². The molecule has 0 aromatic heterocycles. The van der Waals surface area contributed by atoms with Crippen LogP contribution in [0.5, 0.6) is 0 Å². The Morgan fingerprint density at radius 3 is 2.44 bits per heavy atom. The summed E-state index contributed by atoms with van der Waals surface area (Å²) in [5.74, 6) is 0.588. The van der Waals surface area contributed by atoms with Crippen LogP contribution in [-0.4, -0.2) is 49.9 Å². The van der Waals surface area contributed by atoms with E-state index in [0.29, 0.717) is 31.4 Å². The third kappa shape index (κ3) is 8.12. The maximum Gasteiger partial charge on any atom is 0.158 e. The molecule has 0 saturated carbocycles. The molecule has 0 aliphatic carbocycles. The highest BCUT2D eigenvalue weighted by atomic mass is 127. The Balaban J connectivity index is 2.45. The lowest BCUT2D eigenvalue weighted by Gasteiger charge is -2.35. The highest BCUT2D eigenvalue weighted by Gasteiger charge is 2.35. The van der Waals surface area contributed by atoms with Gasteiger partial charge in [0.05, 0.1) is 27.8 Å². The topological polar surface area (TPSA) is 68.2 Å². The molecule has 25 heavy (non-hydrogen) atoms. The molecule has 1 rings (SSSR count). The predicted octanol–water partition coefficient (Wildman–Crippen LogP) is 3.94. The van der Waals surface area contributed by atoms with E-state index >= 15 is 0 Å². The molecule has 0 spiro atoms. The number of hydrogen-bond acceptors (Lipinski definition) is 5. The third-order valence-electron chi connectivity index (χ3n) is 4.31. The molecule has 0 aromatic carbocycles. The zero-order valence-corrected chi connectivity index (χ0v) is 18.6. The molecular weight excluding hydrogens is 435 g/mol. The van der Waals surface area contributed by atoms with E-state index in [1.54, 1.807) is 0 Å². The Labute approximate surface area is 166 Å². The van der Waals surface area contributed by atoms with Crippen LogP contribution in [0, 0.1) is 0 Å². The first kappa shape index (κ1) is 23.1. The Bertz CT molecular complexity index is 432. The monoisotopic (exact) mass is 470 g/mol. The second kappa shape index (κ2) is 9.35. The Morgan fingerprint density at radius 2 is 1.92 bits per heavy atom. The van der Waals surface area contributed by atoms with E-state index in [4.69, 9.17) is 14.2 Å². The van der Waals surface area contributed by atoms with Crippen molar-refractivity contribution >= 4 is 22.6 Å². The van der Waals surface area contributed by atoms with Gasteiger partial charge in [0.15, 0.2) is 6.29 Å². The highest BCUT2D eigenvalue weighted by Crippen LogP contribution is 2.32. The molecule has 1 aliphatic rings. The van der Waals surface area contributed by atoms with Gasteiger partial charge in [-0.25, -0.2) is 0 Å². The average Bonchev–Trinajstić information content (AvgIpc) is 2.46. The van der Waals surface area contributed by atoms with Gasteiger partial charge in [0.2, 0.25) is 0 Å². The second-order valence-corrected chi connectivity index (χ2v) is 9.55. The van der Waals surface area contributed by atoms with Gasteiger partial charge in [0, 0.05) is 6.42 Å². The van der Waals surface area contributed by atoms with Gasteiger partial charge >= 0.3 is 0 Å². The van der Waals surface area contributed by atoms with Crippen molar-refractivity contribution in [1.82, 2.24) is 0 Å². The van der Waals surface area contributed by atoms with E-state index in [9.17, 15) is 10.2 Å². The first-order valence-corrected chi connectivity index (χ1v) is 10.3. The quantitative estimate of drug-likeness (QED) is 0.320. The van der Waals surface area contributed by atoms with Gasteiger partial charge < -0.3 is 24.4 Å². The lowest BCUT2D eigenvalue weighted by atomic mass is 9.93. The molecule has 1 fully saturated rings. The number of halogens is 1. The summed E-state index contributed by atoms with van der Waals surface area (Å²) in [6.45, 7) is 15.5. The molecule has 6 heteroatoms. The molecule has 6 atom stereocenters. The molecular formula is C19H35IO5. The summed E-state index contributed by atoms with van der Waals surface area (Å²) < 4.78 is 17.2. The fraction of sp³-hybridized carbons (Fsp3) is 0.895. The van der Waals surface area contributed by atoms with Crippen molar-refractivity contribution in [2.24, 2.45) is 0 Å². The minimum Gasteiger partial charge on any atom is -0.492 e. The van der Waals surface area contributed by atoms with Gasteiger partial charge in [0.25, 0.3) is 0 Å². The van der Waals surface area contributed by atoms with Crippen molar-refractivity contribution in [2.75, 3.05) is 0 Å². The number of ether oxygens (including phenoxy) is 3. The zero-order valence-electron chi connectivity index (χ0n) is 16.4. The van der Waals surface area contributed by atoms with E-state index in [-0.39, 0.29) is 28.0 Å². The second-order valence-electron chi connectivity index (χ2n) is 8.30. The summed E-state index contributed by atoms with van der Waals surface area (Å²) in [5.41, 5.74) is -1.26. The molecule has 1 saturated heterocycles. The van der Waals surface area contributed by atoms with Crippen LogP contribution in [0.2, 0.25) is 0 Å². The van der Waals surface area contributed by atoms with Crippen LogP contribution in [0.4, 0.5) is 0 Å². The summed E-state index contributed by atoms with van der Waals surface area (Å²) >= 11 is 2.19. The molecule has 0 aromatic rings. The van der Waals surface area contributed by atoms with E-state index in [2.05, 4.69) is 29.2 Å². The van der Waals surface area contributed by atoms with Crippen LogP contribution in [0.3, 0.4) is 0 Å². The molecule has 0 amide bonds. The van der Waals surface area contributed by atoms with Gasteiger partial charge in [-0.2, -0.15) is 0 Å². The van der Waals surface area contributed by atoms with E-state index in [1.165, 1.54) is 0 Å². The lowest BCUT2D eigenvalue weighted by Crippen LogP contribution is -2.41. The maximum absolute atomic E-state index is 10.8. The van der Waals surface area contributed by atoms with E-state index in [1.807, 2.05) is 41.5 Å². The minimum atomic E-state index is -0.933. The van der Waals surface area contributed by atoms with Crippen LogP contribution < -0.4 is 0 Å². The van der Waals surface area contributed by atoms with Crippen molar-refractivity contribution < 1.29 is 24.4 Å². The van der Waals surface area contributed by atoms with Crippen molar-refractivity contribution in [2.45, 2.75) is 107 Å². The van der Waals surface area contributed by atoms with Crippen molar-refractivity contribution in [3.63, 3.8) is 0 Å². The number of rotatable bonds is 8. The fourth-order valence-corrected chi connectivity index (χ4v) is 3.22. The number of alkyl halides is 1. The number of aliphatic hydroxyl groups excluding tert-OH is 1. The molecule has 2 N–H and O–H groups in total. The maximum atomic E-state index is 10.8. The average molecular weight is 470 g/mol. The van der Waals surface area contributed by atoms with Gasteiger partial charge in [-0.3, -0.25) is 0 Å². The predicted molar refractivity (Wildman–Crippen MR) is 108 cm³/mol. The van der Waals surface area contributed by atoms with Crippen LogP contribution in [0.15, 0.2) is 12.3 Å². The number of hydrogen-bond donors (Lipinski definition) is 2. The molecule has 0 radical (unpaired) electrons. The van der Waals surface area contributed by atoms with Crippen molar-refractivity contribution in [3.05, 3.63) is 12.3 Å². The van der Waals surface area contributed by atoms with Crippen molar-refractivity contribution in [1.29, 1.82) is 0 Å². The van der Waals surface area contributed by atoms with E-state index < -0.39 is 11.7 Å². The molecule has 0 unspecified atom stereocenters. The lowest BCUT2D eigenvalue weighted by molar-refractivity contribution is -0.233. The van der Waals surface area contributed by atoms with Crippen LogP contribution in [-0.2, 0) is 14.2 Å². The molecule has 148 valence electrons. The summed E-state index contributed by atoms with van der Waals surface area (Å²) in [7, 11) is 0. The summed E-state index contributed by atoms with van der Waals surface area (Å²) in [5, 5.41) is 20.5. The first-order chi connectivity index (χ1) is 11.3. The van der Waals surface area contributed by atoms with Crippen LogP contribution >= 0.6 is 22.6 Å². The zero-order chi connectivity index (χ0) is 19.4. The first-order valence-electron chi connectivity index (χ1n) is 9.05. The Morgan fingerprint density at radius 1 is 1.32 bits per heavy atom. The third-order valence-corrected chi connectivity index (χ3v) is 6.35.